The van der Waals surface area contributed by atoms with E-state index in [1.54, 1.807) is 6.92 Å². The molecule has 0 aliphatic rings. The van der Waals surface area contributed by atoms with E-state index in [9.17, 15) is 12.8 Å². The number of hydrogen-bond acceptors (Lipinski definition) is 5. The topological polar surface area (TPSA) is 94.1 Å². The fraction of sp³-hybridized carbons (Fsp3) is 0.176. The van der Waals surface area contributed by atoms with Gasteiger partial charge in [-0.1, -0.05) is 12.1 Å². The van der Waals surface area contributed by atoms with E-state index in [0.717, 1.165) is 29.4 Å². The van der Waals surface area contributed by atoms with Crippen molar-refractivity contribution in [1.82, 2.24) is 14.8 Å². The van der Waals surface area contributed by atoms with Crippen LogP contribution in [0.25, 0.3) is 17.1 Å². The minimum Gasteiger partial charge on any atom is -0.377 e. The molecule has 0 aliphatic heterocycles. The summed E-state index contributed by atoms with van der Waals surface area (Å²) >= 11 is 0. The molecule has 0 amide bonds. The van der Waals surface area contributed by atoms with Crippen LogP contribution >= 0.6 is 0 Å². The molecule has 2 N–H and O–H groups in total. The second-order valence-corrected chi connectivity index (χ2v) is 7.53. The molecule has 0 saturated heterocycles. The summed E-state index contributed by atoms with van der Waals surface area (Å²) in [6, 6.07) is 10.8. The van der Waals surface area contributed by atoms with Gasteiger partial charge in [0.2, 0.25) is 10.0 Å². The van der Waals surface area contributed by atoms with Crippen molar-refractivity contribution in [2.45, 2.75) is 11.8 Å². The molecule has 0 atom stereocenters. The number of sulfonamides is 1. The molecule has 1 aromatic heterocycles. The molecule has 0 bridgehead atoms. The zero-order chi connectivity index (χ0) is 19.1. The standard InChI is InChI=1S/C17H18FN5O2S/c1-11-20-17(13-6-4-5-7-15(13)22(2)3)23(21-11)16-10-12(26(19,24)25)8-9-14(16)18/h4-10H,1-3H3,(H2,19,24,25). The lowest BCUT2D eigenvalue weighted by molar-refractivity contribution is 0.594. The average Bonchev–Trinajstić information content (AvgIpc) is 2.95. The maximum atomic E-state index is 14.5. The van der Waals surface area contributed by atoms with Crippen molar-refractivity contribution in [2.24, 2.45) is 5.14 Å². The van der Waals surface area contributed by atoms with E-state index >= 15 is 0 Å². The third-order valence-electron chi connectivity index (χ3n) is 3.81. The largest absolute Gasteiger partial charge is 0.377 e. The Morgan fingerprint density at radius 2 is 1.85 bits per heavy atom. The van der Waals surface area contributed by atoms with Crippen LogP contribution in [0.4, 0.5) is 10.1 Å². The van der Waals surface area contributed by atoms with Gasteiger partial charge in [-0.05, 0) is 37.3 Å². The predicted molar refractivity (Wildman–Crippen MR) is 97.2 cm³/mol. The third kappa shape index (κ3) is 3.31. The van der Waals surface area contributed by atoms with Crippen molar-refractivity contribution in [3.05, 3.63) is 54.1 Å². The summed E-state index contributed by atoms with van der Waals surface area (Å²) < 4.78 is 39.0. The van der Waals surface area contributed by atoms with E-state index in [2.05, 4.69) is 10.1 Å². The molecule has 1 heterocycles. The van der Waals surface area contributed by atoms with Crippen molar-refractivity contribution in [2.75, 3.05) is 19.0 Å². The summed E-state index contributed by atoms with van der Waals surface area (Å²) in [5.74, 6) is 0.192. The fourth-order valence-electron chi connectivity index (χ4n) is 2.64. The highest BCUT2D eigenvalue weighted by atomic mass is 32.2. The summed E-state index contributed by atoms with van der Waals surface area (Å²) in [6.07, 6.45) is 0. The maximum Gasteiger partial charge on any atom is 0.238 e. The van der Waals surface area contributed by atoms with Gasteiger partial charge in [-0.3, -0.25) is 0 Å². The Balaban J connectivity index is 2.28. The van der Waals surface area contributed by atoms with Gasteiger partial charge in [0, 0.05) is 25.3 Å². The Bertz CT molecular complexity index is 1080. The van der Waals surface area contributed by atoms with E-state index in [1.807, 2.05) is 43.3 Å². The van der Waals surface area contributed by atoms with E-state index in [0.29, 0.717) is 11.6 Å². The van der Waals surface area contributed by atoms with Gasteiger partial charge in [-0.25, -0.2) is 27.6 Å². The van der Waals surface area contributed by atoms with E-state index in [1.165, 1.54) is 4.68 Å². The summed E-state index contributed by atoms with van der Waals surface area (Å²) in [5, 5.41) is 9.42. The molecule has 26 heavy (non-hydrogen) atoms. The van der Waals surface area contributed by atoms with E-state index < -0.39 is 15.8 Å². The van der Waals surface area contributed by atoms with Gasteiger partial charge >= 0.3 is 0 Å². The first kappa shape index (κ1) is 18.0. The van der Waals surface area contributed by atoms with Crippen LogP contribution < -0.4 is 10.0 Å². The van der Waals surface area contributed by atoms with Gasteiger partial charge in [-0.2, -0.15) is 5.10 Å². The highest BCUT2D eigenvalue weighted by Gasteiger charge is 2.20. The Morgan fingerprint density at radius 3 is 2.50 bits per heavy atom. The van der Waals surface area contributed by atoms with Gasteiger partial charge in [-0.15, -0.1) is 0 Å². The molecule has 2 aromatic carbocycles. The number of aromatic nitrogens is 3. The summed E-state index contributed by atoms with van der Waals surface area (Å²) in [5.41, 5.74) is 1.56. The zero-order valence-corrected chi connectivity index (χ0v) is 15.3. The van der Waals surface area contributed by atoms with Gasteiger partial charge in [0.1, 0.15) is 17.3 Å². The number of para-hydroxylation sites is 1. The van der Waals surface area contributed by atoms with Crippen molar-refractivity contribution < 1.29 is 12.8 Å². The van der Waals surface area contributed by atoms with E-state index in [4.69, 9.17) is 5.14 Å². The Hall–Kier alpha value is -2.78. The first-order valence-electron chi connectivity index (χ1n) is 7.71. The zero-order valence-electron chi connectivity index (χ0n) is 14.5. The molecule has 0 fully saturated rings. The van der Waals surface area contributed by atoms with Crippen LogP contribution in [0.5, 0.6) is 0 Å². The fourth-order valence-corrected chi connectivity index (χ4v) is 3.18. The number of benzene rings is 2. The minimum atomic E-state index is -3.98. The van der Waals surface area contributed by atoms with Crippen LogP contribution in [0.3, 0.4) is 0 Å². The van der Waals surface area contributed by atoms with Crippen molar-refractivity contribution in [3.8, 4) is 17.1 Å². The Kier molecular flexibility index (Phi) is 4.51. The first-order valence-corrected chi connectivity index (χ1v) is 9.26. The number of rotatable bonds is 4. The molecular formula is C17H18FN5O2S. The predicted octanol–water partition coefficient (Wildman–Crippen LogP) is 2.10. The van der Waals surface area contributed by atoms with E-state index in [-0.39, 0.29) is 10.6 Å². The average molecular weight is 375 g/mol. The summed E-state index contributed by atoms with van der Waals surface area (Å²) in [6.45, 7) is 1.68. The van der Waals surface area contributed by atoms with Gasteiger partial charge in [0.25, 0.3) is 0 Å². The number of halogens is 1. The van der Waals surface area contributed by atoms with Crippen LogP contribution in [0.1, 0.15) is 5.82 Å². The summed E-state index contributed by atoms with van der Waals surface area (Å²) in [7, 11) is -0.212. The number of aryl methyl sites for hydroxylation is 1. The quantitative estimate of drug-likeness (QED) is 0.754. The minimum absolute atomic E-state index is 0.0410. The molecule has 0 saturated carbocycles. The first-order chi connectivity index (χ1) is 12.2. The lowest BCUT2D eigenvalue weighted by atomic mass is 10.1. The number of anilines is 1. The third-order valence-corrected chi connectivity index (χ3v) is 4.73. The number of nitrogens with two attached hydrogens (primary N) is 1. The molecule has 3 rings (SSSR count). The monoisotopic (exact) mass is 375 g/mol. The molecule has 136 valence electrons. The molecule has 3 aromatic rings. The molecule has 9 heteroatoms. The maximum absolute atomic E-state index is 14.5. The van der Waals surface area contributed by atoms with Crippen molar-refractivity contribution in [1.29, 1.82) is 0 Å². The smallest absolute Gasteiger partial charge is 0.238 e. The number of primary sulfonamides is 1. The van der Waals surface area contributed by atoms with Crippen LogP contribution in [0, 0.1) is 12.7 Å². The van der Waals surface area contributed by atoms with Gasteiger partial charge in [0.05, 0.1) is 4.90 Å². The highest BCUT2D eigenvalue weighted by Crippen LogP contribution is 2.31. The van der Waals surface area contributed by atoms with Crippen molar-refractivity contribution >= 4 is 15.7 Å². The molecule has 0 aliphatic carbocycles. The lowest BCUT2D eigenvalue weighted by Crippen LogP contribution is -2.14. The Labute approximate surface area is 150 Å². The summed E-state index contributed by atoms with van der Waals surface area (Å²) in [4.78, 5) is 6.11. The van der Waals surface area contributed by atoms with Crippen molar-refractivity contribution in [3.63, 3.8) is 0 Å². The Morgan fingerprint density at radius 1 is 1.15 bits per heavy atom. The molecule has 0 spiro atoms. The van der Waals surface area contributed by atoms with Crippen LogP contribution in [-0.4, -0.2) is 37.3 Å². The van der Waals surface area contributed by atoms with Crippen LogP contribution in [0.2, 0.25) is 0 Å². The van der Waals surface area contributed by atoms with Gasteiger partial charge in [0.15, 0.2) is 5.82 Å². The lowest BCUT2D eigenvalue weighted by Gasteiger charge is -2.17. The normalized spacial score (nSPS) is 11.6. The molecule has 0 unspecified atom stereocenters. The molecule has 7 nitrogen and oxygen atoms in total. The number of hydrogen-bond donors (Lipinski definition) is 1. The number of nitrogens with zero attached hydrogens (tertiary/aromatic N) is 4. The van der Waals surface area contributed by atoms with Gasteiger partial charge < -0.3 is 4.90 Å². The highest BCUT2D eigenvalue weighted by molar-refractivity contribution is 7.89. The SMILES string of the molecule is Cc1nc(-c2ccccc2N(C)C)n(-c2cc(S(N)(=O)=O)ccc2F)n1. The van der Waals surface area contributed by atoms with Crippen LogP contribution in [0.15, 0.2) is 47.4 Å². The second kappa shape index (κ2) is 6.50. The molecular weight excluding hydrogens is 357 g/mol. The molecule has 0 radical (unpaired) electrons. The van der Waals surface area contributed by atoms with Crippen LogP contribution in [-0.2, 0) is 10.0 Å². The second-order valence-electron chi connectivity index (χ2n) is 5.96.